The van der Waals surface area contributed by atoms with Gasteiger partial charge in [-0.2, -0.15) is 13.2 Å². The Labute approximate surface area is 89.9 Å². The lowest BCUT2D eigenvalue weighted by molar-refractivity contribution is -0.281. The van der Waals surface area contributed by atoms with Crippen LogP contribution in [0.4, 0.5) is 13.2 Å². The van der Waals surface area contributed by atoms with Crippen LogP contribution in [-0.2, 0) is 6.42 Å². The van der Waals surface area contributed by atoms with Gasteiger partial charge in [-0.15, -0.1) is 0 Å². The SMILES string of the molecule is NCCc1ccc2c(c1)OC(F)C(F)(F)O2. The smallest absolute Gasteiger partial charge is 0.447 e. The third kappa shape index (κ3) is 1.92. The molecule has 1 aliphatic heterocycles. The second-order valence-corrected chi connectivity index (χ2v) is 3.42. The number of ether oxygens (including phenoxy) is 2. The van der Waals surface area contributed by atoms with E-state index in [1.54, 1.807) is 6.07 Å². The zero-order valence-electron chi connectivity index (χ0n) is 8.25. The number of nitrogens with two attached hydrogens (primary N) is 1. The van der Waals surface area contributed by atoms with Gasteiger partial charge in [0.25, 0.3) is 0 Å². The van der Waals surface area contributed by atoms with Gasteiger partial charge in [-0.05, 0) is 30.7 Å². The fraction of sp³-hybridized carbons (Fsp3) is 0.400. The van der Waals surface area contributed by atoms with E-state index in [1.807, 2.05) is 0 Å². The molecule has 0 radical (unpaired) electrons. The summed E-state index contributed by atoms with van der Waals surface area (Å²) in [5.74, 6) is -0.191. The molecule has 1 aromatic carbocycles. The van der Waals surface area contributed by atoms with Crippen molar-refractivity contribution in [2.24, 2.45) is 5.73 Å². The maximum absolute atomic E-state index is 12.8. The summed E-state index contributed by atoms with van der Waals surface area (Å²) in [6.45, 7) is 0.412. The van der Waals surface area contributed by atoms with Crippen molar-refractivity contribution in [2.75, 3.05) is 6.54 Å². The van der Waals surface area contributed by atoms with Crippen LogP contribution in [0.3, 0.4) is 0 Å². The molecule has 2 N–H and O–H groups in total. The molecule has 16 heavy (non-hydrogen) atoms. The Balaban J connectivity index is 2.29. The zero-order valence-corrected chi connectivity index (χ0v) is 8.25. The van der Waals surface area contributed by atoms with Crippen molar-refractivity contribution < 1.29 is 22.6 Å². The summed E-state index contributed by atoms with van der Waals surface area (Å²) in [5.41, 5.74) is 6.12. The van der Waals surface area contributed by atoms with Gasteiger partial charge in [-0.3, -0.25) is 0 Å². The number of alkyl halides is 3. The highest BCUT2D eigenvalue weighted by atomic mass is 19.3. The van der Waals surface area contributed by atoms with E-state index in [0.717, 1.165) is 5.56 Å². The summed E-state index contributed by atoms with van der Waals surface area (Å²) in [7, 11) is 0. The number of rotatable bonds is 2. The highest BCUT2D eigenvalue weighted by Crippen LogP contribution is 2.40. The third-order valence-corrected chi connectivity index (χ3v) is 2.18. The molecule has 0 saturated heterocycles. The van der Waals surface area contributed by atoms with Gasteiger partial charge >= 0.3 is 12.5 Å². The maximum Gasteiger partial charge on any atom is 0.468 e. The summed E-state index contributed by atoms with van der Waals surface area (Å²) in [4.78, 5) is 0. The third-order valence-electron chi connectivity index (χ3n) is 2.18. The molecular formula is C10H10F3NO2. The van der Waals surface area contributed by atoms with Crippen LogP contribution in [0.1, 0.15) is 5.56 Å². The zero-order chi connectivity index (χ0) is 11.8. The van der Waals surface area contributed by atoms with E-state index in [4.69, 9.17) is 5.73 Å². The first-order valence-electron chi connectivity index (χ1n) is 4.73. The van der Waals surface area contributed by atoms with Gasteiger partial charge in [0.1, 0.15) is 0 Å². The fourth-order valence-electron chi connectivity index (χ4n) is 1.42. The number of fused-ring (bicyclic) bond motifs is 1. The number of benzene rings is 1. The molecule has 0 aromatic heterocycles. The Morgan fingerprint density at radius 1 is 1.31 bits per heavy atom. The van der Waals surface area contributed by atoms with Crippen molar-refractivity contribution >= 4 is 0 Å². The molecule has 0 fully saturated rings. The van der Waals surface area contributed by atoms with Gasteiger partial charge in [0.05, 0.1) is 0 Å². The summed E-state index contributed by atoms with van der Waals surface area (Å²) in [5, 5.41) is 0. The molecule has 0 bridgehead atoms. The first-order chi connectivity index (χ1) is 7.53. The van der Waals surface area contributed by atoms with E-state index in [1.165, 1.54) is 12.1 Å². The number of hydrogen-bond acceptors (Lipinski definition) is 3. The van der Waals surface area contributed by atoms with E-state index in [2.05, 4.69) is 9.47 Å². The summed E-state index contributed by atoms with van der Waals surface area (Å²) in [6, 6.07) is 4.35. The van der Waals surface area contributed by atoms with Gasteiger partial charge < -0.3 is 15.2 Å². The Kier molecular flexibility index (Phi) is 2.67. The van der Waals surface area contributed by atoms with Crippen LogP contribution in [-0.4, -0.2) is 19.0 Å². The molecule has 1 unspecified atom stereocenters. The largest absolute Gasteiger partial charge is 0.468 e. The average molecular weight is 233 g/mol. The van der Waals surface area contributed by atoms with Crippen molar-refractivity contribution in [3.63, 3.8) is 0 Å². The molecular weight excluding hydrogens is 223 g/mol. The summed E-state index contributed by atoms with van der Waals surface area (Å²) >= 11 is 0. The molecule has 3 nitrogen and oxygen atoms in total. The van der Waals surface area contributed by atoms with Crippen molar-refractivity contribution in [2.45, 2.75) is 18.9 Å². The van der Waals surface area contributed by atoms with Gasteiger partial charge in [-0.25, -0.2) is 0 Å². The molecule has 88 valence electrons. The molecule has 1 atom stereocenters. The molecule has 0 amide bonds. The topological polar surface area (TPSA) is 44.5 Å². The molecule has 1 aliphatic rings. The minimum atomic E-state index is -3.94. The normalized spacial score (nSPS) is 21.9. The van der Waals surface area contributed by atoms with E-state index in [0.29, 0.717) is 13.0 Å². The van der Waals surface area contributed by atoms with Crippen LogP contribution < -0.4 is 15.2 Å². The highest BCUT2D eigenvalue weighted by Gasteiger charge is 2.49. The second-order valence-electron chi connectivity index (χ2n) is 3.42. The van der Waals surface area contributed by atoms with Gasteiger partial charge in [0.2, 0.25) is 0 Å². The van der Waals surface area contributed by atoms with Crippen molar-refractivity contribution in [1.82, 2.24) is 0 Å². The summed E-state index contributed by atoms with van der Waals surface area (Å²) in [6.07, 6.45) is -6.17. The highest BCUT2D eigenvalue weighted by molar-refractivity contribution is 5.44. The standard InChI is InChI=1S/C10H10F3NO2/c11-9-10(12,13)16-7-2-1-6(3-4-14)5-8(7)15-9/h1-2,5,9H,3-4,14H2. The van der Waals surface area contributed by atoms with E-state index in [9.17, 15) is 13.2 Å². The lowest BCUT2D eigenvalue weighted by Crippen LogP contribution is -2.43. The molecule has 2 rings (SSSR count). The number of halogens is 3. The second kappa shape index (κ2) is 3.86. The van der Waals surface area contributed by atoms with Crippen LogP contribution in [0.15, 0.2) is 18.2 Å². The average Bonchev–Trinajstić information content (AvgIpc) is 2.20. The first-order valence-corrected chi connectivity index (χ1v) is 4.73. The van der Waals surface area contributed by atoms with E-state index >= 15 is 0 Å². The van der Waals surface area contributed by atoms with Crippen LogP contribution in [0.5, 0.6) is 11.5 Å². The minimum Gasteiger partial charge on any atom is -0.447 e. The van der Waals surface area contributed by atoms with Gasteiger partial charge in [0.15, 0.2) is 11.5 Å². The Morgan fingerprint density at radius 3 is 2.75 bits per heavy atom. The van der Waals surface area contributed by atoms with Crippen LogP contribution >= 0.6 is 0 Å². The molecule has 6 heteroatoms. The Bertz CT molecular complexity index is 398. The van der Waals surface area contributed by atoms with E-state index < -0.39 is 12.5 Å². The lowest BCUT2D eigenvalue weighted by Gasteiger charge is -2.28. The van der Waals surface area contributed by atoms with Gasteiger partial charge in [0, 0.05) is 0 Å². The van der Waals surface area contributed by atoms with Crippen molar-refractivity contribution in [3.05, 3.63) is 23.8 Å². The molecule has 1 aromatic rings. The predicted molar refractivity (Wildman–Crippen MR) is 50.3 cm³/mol. The fourth-order valence-corrected chi connectivity index (χ4v) is 1.42. The molecule has 0 aliphatic carbocycles. The molecule has 1 heterocycles. The molecule has 0 saturated carbocycles. The monoisotopic (exact) mass is 233 g/mol. The van der Waals surface area contributed by atoms with Gasteiger partial charge in [-0.1, -0.05) is 6.07 Å². The maximum atomic E-state index is 12.8. The van der Waals surface area contributed by atoms with Crippen molar-refractivity contribution in [1.29, 1.82) is 0 Å². The first kappa shape index (κ1) is 11.1. The van der Waals surface area contributed by atoms with E-state index in [-0.39, 0.29) is 11.5 Å². The van der Waals surface area contributed by atoms with Crippen LogP contribution in [0.25, 0.3) is 0 Å². The minimum absolute atomic E-state index is 0.0237. The number of hydrogen-bond donors (Lipinski definition) is 1. The quantitative estimate of drug-likeness (QED) is 0.847. The lowest BCUT2D eigenvalue weighted by atomic mass is 10.1. The molecule has 0 spiro atoms. The summed E-state index contributed by atoms with van der Waals surface area (Å²) < 4.78 is 47.1. The predicted octanol–water partition coefficient (Wildman–Crippen LogP) is 1.85. The Hall–Kier alpha value is -1.43. The Morgan fingerprint density at radius 2 is 2.06 bits per heavy atom. The van der Waals surface area contributed by atoms with Crippen molar-refractivity contribution in [3.8, 4) is 11.5 Å². The van der Waals surface area contributed by atoms with Crippen LogP contribution in [0.2, 0.25) is 0 Å². The van der Waals surface area contributed by atoms with Crippen LogP contribution in [0, 0.1) is 0 Å².